The Kier molecular flexibility index (Phi) is 3.98. The van der Waals surface area contributed by atoms with Gasteiger partial charge in [0.05, 0.1) is 9.85 Å². The zero-order chi connectivity index (χ0) is 15.4. The molecule has 0 saturated carbocycles. The van der Waals surface area contributed by atoms with E-state index in [0.717, 1.165) is 0 Å². The zero-order valence-corrected chi connectivity index (χ0v) is 10.8. The quantitative estimate of drug-likeness (QED) is 0.513. The van der Waals surface area contributed by atoms with Crippen LogP contribution in [-0.2, 0) is 6.61 Å². The molecule has 0 unspecified atom stereocenters. The van der Waals surface area contributed by atoms with Gasteiger partial charge in [0.15, 0.2) is 0 Å². The molecule has 0 heterocycles. The maximum atomic E-state index is 10.6. The number of nitrogen functional groups attached to an aromatic ring is 1. The van der Waals surface area contributed by atoms with Gasteiger partial charge >= 0.3 is 0 Å². The van der Waals surface area contributed by atoms with E-state index in [1.165, 1.54) is 36.4 Å². The molecule has 8 nitrogen and oxygen atoms in total. The summed E-state index contributed by atoms with van der Waals surface area (Å²) in [6.07, 6.45) is 0. The number of nitro benzene ring substituents is 2. The molecule has 2 rings (SSSR count). The van der Waals surface area contributed by atoms with Crippen LogP contribution in [0.1, 0.15) is 5.56 Å². The summed E-state index contributed by atoms with van der Waals surface area (Å²) in [6.45, 7) is 0.153. The van der Waals surface area contributed by atoms with Crippen LogP contribution in [0.4, 0.5) is 17.1 Å². The Morgan fingerprint density at radius 1 is 1.00 bits per heavy atom. The largest absolute Gasteiger partial charge is 0.489 e. The van der Waals surface area contributed by atoms with Crippen molar-refractivity contribution in [2.24, 2.45) is 0 Å². The van der Waals surface area contributed by atoms with Gasteiger partial charge in [0.2, 0.25) is 0 Å². The minimum atomic E-state index is -0.559. The molecular weight excluding hydrogens is 278 g/mol. The first-order chi connectivity index (χ1) is 9.97. The van der Waals surface area contributed by atoms with Gasteiger partial charge < -0.3 is 10.5 Å². The van der Waals surface area contributed by atoms with E-state index in [2.05, 4.69) is 0 Å². The van der Waals surface area contributed by atoms with Crippen molar-refractivity contribution in [2.45, 2.75) is 6.61 Å². The van der Waals surface area contributed by atoms with Gasteiger partial charge in [0.1, 0.15) is 18.0 Å². The summed E-state index contributed by atoms with van der Waals surface area (Å²) >= 11 is 0. The molecule has 0 aliphatic carbocycles. The fourth-order valence-electron chi connectivity index (χ4n) is 1.69. The maximum Gasteiger partial charge on any atom is 0.292 e. The molecule has 0 radical (unpaired) electrons. The third kappa shape index (κ3) is 3.44. The summed E-state index contributed by atoms with van der Waals surface area (Å²) in [7, 11) is 0. The third-order valence-electron chi connectivity index (χ3n) is 2.74. The zero-order valence-electron chi connectivity index (χ0n) is 10.8. The highest BCUT2D eigenvalue weighted by atomic mass is 16.6. The van der Waals surface area contributed by atoms with Gasteiger partial charge in [0, 0.05) is 18.2 Å². The average molecular weight is 289 g/mol. The predicted octanol–water partition coefficient (Wildman–Crippen LogP) is 2.66. The molecule has 21 heavy (non-hydrogen) atoms. The van der Waals surface area contributed by atoms with Crippen molar-refractivity contribution >= 4 is 17.1 Å². The van der Waals surface area contributed by atoms with Crippen molar-refractivity contribution in [1.29, 1.82) is 0 Å². The summed E-state index contributed by atoms with van der Waals surface area (Å²) in [5.41, 5.74) is 6.11. The smallest absolute Gasteiger partial charge is 0.292 e. The highest BCUT2D eigenvalue weighted by molar-refractivity contribution is 5.59. The van der Waals surface area contributed by atoms with E-state index in [0.29, 0.717) is 11.3 Å². The molecule has 0 atom stereocenters. The number of anilines is 1. The SMILES string of the molecule is Nc1cc(COc2ccc([N+](=O)[O-])cc2)ccc1[N+](=O)[O-]. The lowest BCUT2D eigenvalue weighted by Crippen LogP contribution is -2.00. The first-order valence-electron chi connectivity index (χ1n) is 5.87. The van der Waals surface area contributed by atoms with E-state index in [1.807, 2.05) is 0 Å². The summed E-state index contributed by atoms with van der Waals surface area (Å²) in [4.78, 5) is 20.1. The first kappa shape index (κ1) is 14.3. The molecule has 0 spiro atoms. The van der Waals surface area contributed by atoms with Crippen molar-refractivity contribution < 1.29 is 14.6 Å². The topological polar surface area (TPSA) is 122 Å². The Hall–Kier alpha value is -3.16. The number of benzene rings is 2. The Morgan fingerprint density at radius 2 is 1.67 bits per heavy atom. The van der Waals surface area contributed by atoms with Gasteiger partial charge in [-0.05, 0) is 29.8 Å². The van der Waals surface area contributed by atoms with Gasteiger partial charge in [-0.15, -0.1) is 0 Å². The van der Waals surface area contributed by atoms with Crippen molar-refractivity contribution in [3.63, 3.8) is 0 Å². The number of ether oxygens (including phenoxy) is 1. The molecule has 2 aromatic carbocycles. The number of nitrogens with two attached hydrogens (primary N) is 1. The van der Waals surface area contributed by atoms with Crippen LogP contribution in [0.3, 0.4) is 0 Å². The molecule has 0 saturated heterocycles. The number of hydrogen-bond acceptors (Lipinski definition) is 6. The monoisotopic (exact) mass is 289 g/mol. The summed E-state index contributed by atoms with van der Waals surface area (Å²) in [5, 5.41) is 21.2. The third-order valence-corrected chi connectivity index (χ3v) is 2.74. The van der Waals surface area contributed by atoms with E-state index in [-0.39, 0.29) is 23.7 Å². The predicted molar refractivity (Wildman–Crippen MR) is 74.9 cm³/mol. The second-order valence-electron chi connectivity index (χ2n) is 4.19. The number of nitrogens with zero attached hydrogens (tertiary/aromatic N) is 2. The van der Waals surface area contributed by atoms with Gasteiger partial charge in [-0.1, -0.05) is 0 Å². The molecule has 0 fully saturated rings. The highest BCUT2D eigenvalue weighted by Gasteiger charge is 2.11. The van der Waals surface area contributed by atoms with Crippen molar-refractivity contribution in [3.05, 3.63) is 68.3 Å². The number of hydrogen-bond donors (Lipinski definition) is 1. The van der Waals surface area contributed by atoms with Crippen LogP contribution in [0.2, 0.25) is 0 Å². The molecule has 0 aromatic heterocycles. The second kappa shape index (κ2) is 5.87. The van der Waals surface area contributed by atoms with Gasteiger partial charge in [-0.25, -0.2) is 0 Å². The normalized spacial score (nSPS) is 10.1. The summed E-state index contributed by atoms with van der Waals surface area (Å²) in [6, 6.07) is 9.94. The van der Waals surface area contributed by atoms with E-state index < -0.39 is 9.85 Å². The first-order valence-corrected chi connectivity index (χ1v) is 5.87. The van der Waals surface area contributed by atoms with E-state index >= 15 is 0 Å². The van der Waals surface area contributed by atoms with E-state index in [9.17, 15) is 20.2 Å². The van der Waals surface area contributed by atoms with Crippen LogP contribution in [0.15, 0.2) is 42.5 Å². The second-order valence-corrected chi connectivity index (χ2v) is 4.19. The molecule has 2 N–H and O–H groups in total. The Labute approximate surface area is 119 Å². The van der Waals surface area contributed by atoms with Gasteiger partial charge in [0.25, 0.3) is 11.4 Å². The number of nitro groups is 2. The van der Waals surface area contributed by atoms with Crippen molar-refractivity contribution in [1.82, 2.24) is 0 Å². The number of non-ortho nitro benzene ring substituents is 1. The standard InChI is InChI=1S/C13H11N3O5/c14-12-7-9(1-6-13(12)16(19)20)8-21-11-4-2-10(3-5-11)15(17)18/h1-7H,8,14H2. The molecule has 0 amide bonds. The van der Waals surface area contributed by atoms with Crippen LogP contribution in [0.25, 0.3) is 0 Å². The van der Waals surface area contributed by atoms with Gasteiger partial charge in [-0.2, -0.15) is 0 Å². The van der Waals surface area contributed by atoms with E-state index in [1.54, 1.807) is 6.07 Å². The molecule has 2 aromatic rings. The minimum absolute atomic E-state index is 0.0260. The van der Waals surface area contributed by atoms with Crippen molar-refractivity contribution in [2.75, 3.05) is 5.73 Å². The Bertz CT molecular complexity index is 685. The van der Waals surface area contributed by atoms with Crippen LogP contribution >= 0.6 is 0 Å². The van der Waals surface area contributed by atoms with Crippen LogP contribution < -0.4 is 10.5 Å². The van der Waals surface area contributed by atoms with Crippen LogP contribution in [-0.4, -0.2) is 9.85 Å². The fourth-order valence-corrected chi connectivity index (χ4v) is 1.69. The molecule has 0 aliphatic heterocycles. The fraction of sp³-hybridized carbons (Fsp3) is 0.0769. The lowest BCUT2D eigenvalue weighted by Gasteiger charge is -2.07. The molecule has 108 valence electrons. The lowest BCUT2D eigenvalue weighted by atomic mass is 10.2. The average Bonchev–Trinajstić information content (AvgIpc) is 2.45. The molecule has 8 heteroatoms. The van der Waals surface area contributed by atoms with Crippen LogP contribution in [0.5, 0.6) is 5.75 Å². The summed E-state index contributed by atoms with van der Waals surface area (Å²) < 4.78 is 5.43. The highest BCUT2D eigenvalue weighted by Crippen LogP contribution is 2.23. The Balaban J connectivity index is 2.04. The molecule has 0 bridgehead atoms. The maximum absolute atomic E-state index is 10.6. The van der Waals surface area contributed by atoms with Gasteiger partial charge in [-0.3, -0.25) is 20.2 Å². The Morgan fingerprint density at radius 3 is 2.19 bits per heavy atom. The molecular formula is C13H11N3O5. The number of rotatable bonds is 5. The minimum Gasteiger partial charge on any atom is -0.489 e. The van der Waals surface area contributed by atoms with Crippen molar-refractivity contribution in [3.8, 4) is 5.75 Å². The lowest BCUT2D eigenvalue weighted by molar-refractivity contribution is -0.384. The summed E-state index contributed by atoms with van der Waals surface area (Å²) in [5.74, 6) is 0.456. The van der Waals surface area contributed by atoms with E-state index in [4.69, 9.17) is 10.5 Å². The van der Waals surface area contributed by atoms with Crippen LogP contribution in [0, 0.1) is 20.2 Å². The molecule has 0 aliphatic rings.